The van der Waals surface area contributed by atoms with Crippen molar-refractivity contribution in [2.24, 2.45) is 0 Å². The van der Waals surface area contributed by atoms with Gasteiger partial charge in [0.25, 0.3) is 0 Å². The number of rotatable bonds is 1. The fourth-order valence-electron chi connectivity index (χ4n) is 1.51. The van der Waals surface area contributed by atoms with Gasteiger partial charge in [-0.2, -0.15) is 5.26 Å². The Morgan fingerprint density at radius 1 is 1.62 bits per heavy atom. The van der Waals surface area contributed by atoms with Crippen LogP contribution in [0.3, 0.4) is 0 Å². The Labute approximate surface area is 97.4 Å². The van der Waals surface area contributed by atoms with E-state index < -0.39 is 0 Å². The maximum atomic E-state index is 11.2. The number of hydrogen-bond donors (Lipinski definition) is 1. The quantitative estimate of drug-likeness (QED) is 0.795. The monoisotopic (exact) mass is 231 g/mol. The van der Waals surface area contributed by atoms with Crippen molar-refractivity contribution in [2.75, 3.05) is 5.75 Å². The van der Waals surface area contributed by atoms with Gasteiger partial charge >= 0.3 is 0 Å². The molecule has 80 valence electrons. The lowest BCUT2D eigenvalue weighted by Gasteiger charge is -2.18. The van der Waals surface area contributed by atoms with Gasteiger partial charge in [0.1, 0.15) is 6.07 Å². The SMILES string of the molecule is CC1=C(c2ccncc2C#N)SCC(=O)N1. The van der Waals surface area contributed by atoms with Gasteiger partial charge in [-0.3, -0.25) is 9.78 Å². The molecule has 1 aliphatic heterocycles. The van der Waals surface area contributed by atoms with E-state index in [1.54, 1.807) is 12.3 Å². The number of amides is 1. The van der Waals surface area contributed by atoms with Crippen LogP contribution in [-0.2, 0) is 4.79 Å². The van der Waals surface area contributed by atoms with Crippen molar-refractivity contribution in [1.29, 1.82) is 5.26 Å². The van der Waals surface area contributed by atoms with E-state index in [4.69, 9.17) is 5.26 Å². The molecular weight excluding hydrogens is 222 g/mol. The predicted octanol–water partition coefficient (Wildman–Crippen LogP) is 1.50. The number of nitriles is 1. The fourth-order valence-corrected chi connectivity index (χ4v) is 2.46. The number of pyridine rings is 1. The molecule has 2 rings (SSSR count). The zero-order valence-corrected chi connectivity index (χ0v) is 9.47. The second kappa shape index (κ2) is 4.37. The van der Waals surface area contributed by atoms with E-state index in [1.807, 2.05) is 6.92 Å². The van der Waals surface area contributed by atoms with E-state index in [0.717, 1.165) is 16.2 Å². The van der Waals surface area contributed by atoms with E-state index in [0.29, 0.717) is 11.3 Å². The number of nitrogens with zero attached hydrogens (tertiary/aromatic N) is 2. The molecule has 16 heavy (non-hydrogen) atoms. The van der Waals surface area contributed by atoms with Crippen LogP contribution < -0.4 is 5.32 Å². The van der Waals surface area contributed by atoms with Crippen molar-refractivity contribution < 1.29 is 4.79 Å². The van der Waals surface area contributed by atoms with E-state index in [9.17, 15) is 4.79 Å². The number of allylic oxidation sites excluding steroid dienone is 1. The van der Waals surface area contributed by atoms with Crippen molar-refractivity contribution in [1.82, 2.24) is 10.3 Å². The summed E-state index contributed by atoms with van der Waals surface area (Å²) in [5, 5.41) is 11.7. The summed E-state index contributed by atoms with van der Waals surface area (Å²) in [7, 11) is 0. The van der Waals surface area contributed by atoms with Crippen LogP contribution >= 0.6 is 11.8 Å². The topological polar surface area (TPSA) is 65.8 Å². The van der Waals surface area contributed by atoms with Crippen molar-refractivity contribution in [3.05, 3.63) is 35.3 Å². The smallest absolute Gasteiger partial charge is 0.234 e. The molecule has 0 fully saturated rings. The average Bonchev–Trinajstić information content (AvgIpc) is 2.29. The van der Waals surface area contributed by atoms with Crippen LogP contribution in [0.4, 0.5) is 0 Å². The minimum Gasteiger partial charge on any atom is -0.328 e. The lowest BCUT2D eigenvalue weighted by Crippen LogP contribution is -2.27. The number of hydrogen-bond acceptors (Lipinski definition) is 4. The van der Waals surface area contributed by atoms with Gasteiger partial charge in [0.15, 0.2) is 0 Å². The molecular formula is C11H9N3OS. The zero-order valence-electron chi connectivity index (χ0n) is 8.65. The lowest BCUT2D eigenvalue weighted by atomic mass is 10.1. The highest BCUT2D eigenvalue weighted by Gasteiger charge is 2.18. The van der Waals surface area contributed by atoms with E-state index in [1.165, 1.54) is 18.0 Å². The summed E-state index contributed by atoms with van der Waals surface area (Å²) in [5.41, 5.74) is 2.16. The summed E-state index contributed by atoms with van der Waals surface area (Å²) in [5.74, 6) is 0.388. The summed E-state index contributed by atoms with van der Waals surface area (Å²) in [6.07, 6.45) is 3.18. The van der Waals surface area contributed by atoms with Crippen molar-refractivity contribution >= 4 is 22.6 Å². The molecule has 0 saturated carbocycles. The van der Waals surface area contributed by atoms with Crippen LogP contribution in [0.25, 0.3) is 4.91 Å². The largest absolute Gasteiger partial charge is 0.328 e. The molecule has 0 saturated heterocycles. The first-order valence-electron chi connectivity index (χ1n) is 4.70. The molecule has 1 aromatic rings. The van der Waals surface area contributed by atoms with Crippen LogP contribution in [0.5, 0.6) is 0 Å². The Morgan fingerprint density at radius 2 is 2.44 bits per heavy atom. The van der Waals surface area contributed by atoms with Crippen LogP contribution in [0.1, 0.15) is 18.1 Å². The number of nitrogens with one attached hydrogen (secondary N) is 1. The highest BCUT2D eigenvalue weighted by molar-refractivity contribution is 8.09. The molecule has 5 heteroatoms. The molecule has 1 amide bonds. The third-order valence-electron chi connectivity index (χ3n) is 2.20. The highest BCUT2D eigenvalue weighted by Crippen LogP contribution is 2.33. The summed E-state index contributed by atoms with van der Waals surface area (Å²) in [6, 6.07) is 3.90. The molecule has 0 spiro atoms. The Hall–Kier alpha value is -1.80. The summed E-state index contributed by atoms with van der Waals surface area (Å²) in [6.45, 7) is 1.83. The minimum absolute atomic E-state index is 0.00110. The molecule has 1 aliphatic rings. The standard InChI is InChI=1S/C11H9N3OS/c1-7-11(16-6-10(15)14-7)9-2-3-13-5-8(9)4-12/h2-3,5H,6H2,1H3,(H,14,15). The van der Waals surface area contributed by atoms with Gasteiger partial charge in [0.2, 0.25) is 5.91 Å². The predicted molar refractivity (Wildman–Crippen MR) is 62.1 cm³/mol. The second-order valence-electron chi connectivity index (χ2n) is 3.32. The zero-order chi connectivity index (χ0) is 11.5. The lowest BCUT2D eigenvalue weighted by molar-refractivity contribution is -0.117. The van der Waals surface area contributed by atoms with Gasteiger partial charge in [-0.1, -0.05) is 0 Å². The number of carbonyl (C=O) groups is 1. The Balaban J connectivity index is 2.49. The molecule has 1 aromatic heterocycles. The third-order valence-corrected chi connectivity index (χ3v) is 3.42. The molecule has 1 N–H and O–H groups in total. The molecule has 0 unspecified atom stereocenters. The molecule has 4 nitrogen and oxygen atoms in total. The maximum absolute atomic E-state index is 11.2. The Kier molecular flexibility index (Phi) is 2.93. The molecule has 0 aromatic carbocycles. The van der Waals surface area contributed by atoms with Crippen LogP contribution in [-0.4, -0.2) is 16.6 Å². The van der Waals surface area contributed by atoms with Gasteiger partial charge in [-0.05, 0) is 13.0 Å². The molecule has 0 radical (unpaired) electrons. The van der Waals surface area contributed by atoms with Crippen LogP contribution in [0, 0.1) is 11.3 Å². The van der Waals surface area contributed by atoms with Crippen molar-refractivity contribution in [2.45, 2.75) is 6.92 Å². The van der Waals surface area contributed by atoms with Gasteiger partial charge < -0.3 is 5.32 Å². The van der Waals surface area contributed by atoms with Gasteiger partial charge in [-0.15, -0.1) is 11.8 Å². The van der Waals surface area contributed by atoms with E-state index >= 15 is 0 Å². The maximum Gasteiger partial charge on any atom is 0.234 e. The van der Waals surface area contributed by atoms with Crippen LogP contribution in [0.2, 0.25) is 0 Å². The first kappa shape index (κ1) is 10.7. The first-order chi connectivity index (χ1) is 7.72. The number of carbonyl (C=O) groups excluding carboxylic acids is 1. The van der Waals surface area contributed by atoms with Crippen molar-refractivity contribution in [3.8, 4) is 6.07 Å². The Morgan fingerprint density at radius 3 is 3.12 bits per heavy atom. The second-order valence-corrected chi connectivity index (χ2v) is 4.31. The molecule has 0 atom stereocenters. The molecule has 2 heterocycles. The van der Waals surface area contributed by atoms with Crippen LogP contribution in [0.15, 0.2) is 24.2 Å². The van der Waals surface area contributed by atoms with E-state index in [-0.39, 0.29) is 5.91 Å². The highest BCUT2D eigenvalue weighted by atomic mass is 32.2. The number of aromatic nitrogens is 1. The summed E-state index contributed by atoms with van der Waals surface area (Å²) in [4.78, 5) is 16.0. The van der Waals surface area contributed by atoms with Crippen molar-refractivity contribution in [3.63, 3.8) is 0 Å². The number of thioether (sulfide) groups is 1. The third kappa shape index (κ3) is 1.92. The summed E-state index contributed by atoms with van der Waals surface area (Å²) >= 11 is 1.45. The molecule has 0 aliphatic carbocycles. The minimum atomic E-state index is -0.00110. The first-order valence-corrected chi connectivity index (χ1v) is 5.69. The van der Waals surface area contributed by atoms with E-state index in [2.05, 4.69) is 16.4 Å². The van der Waals surface area contributed by atoms with Gasteiger partial charge in [0.05, 0.1) is 11.3 Å². The Bertz CT molecular complexity index is 516. The van der Waals surface area contributed by atoms with Gasteiger partial charge in [0, 0.05) is 28.6 Å². The normalized spacial score (nSPS) is 15.6. The summed E-state index contributed by atoms with van der Waals surface area (Å²) < 4.78 is 0. The average molecular weight is 231 g/mol. The molecule has 0 bridgehead atoms. The van der Waals surface area contributed by atoms with Gasteiger partial charge in [-0.25, -0.2) is 0 Å². The fraction of sp³-hybridized carbons (Fsp3) is 0.182.